The first kappa shape index (κ1) is 14.9. The molecular weight excluding hydrogens is 301 g/mol. The number of halogens is 1. The quantitative estimate of drug-likeness (QED) is 0.731. The van der Waals surface area contributed by atoms with E-state index >= 15 is 0 Å². The van der Waals surface area contributed by atoms with E-state index in [1.54, 1.807) is 0 Å². The number of hydrogen-bond donors (Lipinski definition) is 1. The Morgan fingerprint density at radius 1 is 1.08 bits per heavy atom. The summed E-state index contributed by atoms with van der Waals surface area (Å²) in [5.74, 6) is -0.299. The lowest BCUT2D eigenvalue weighted by Crippen LogP contribution is -2.12. The zero-order valence-electron chi connectivity index (χ0n) is 13.5. The van der Waals surface area contributed by atoms with Crippen molar-refractivity contribution in [2.24, 2.45) is 5.73 Å². The lowest BCUT2D eigenvalue weighted by Gasteiger charge is -2.15. The maximum absolute atomic E-state index is 13.9. The van der Waals surface area contributed by atoms with E-state index in [2.05, 4.69) is 18.2 Å². The van der Waals surface area contributed by atoms with Crippen molar-refractivity contribution in [3.63, 3.8) is 0 Å². The maximum Gasteiger partial charge on any atom is 0.249 e. The fourth-order valence-electron chi connectivity index (χ4n) is 3.53. The summed E-state index contributed by atoms with van der Waals surface area (Å²) in [6, 6.07) is 14.5. The number of amides is 1. The number of benzene rings is 3. The minimum absolute atomic E-state index is 0.347. The summed E-state index contributed by atoms with van der Waals surface area (Å²) in [5, 5.41) is 2.27. The molecule has 0 bridgehead atoms. The highest BCUT2D eigenvalue weighted by Gasteiger charge is 2.26. The van der Waals surface area contributed by atoms with Gasteiger partial charge in [0.15, 0.2) is 0 Å². The van der Waals surface area contributed by atoms with Gasteiger partial charge in [-0.2, -0.15) is 0 Å². The minimum Gasteiger partial charge on any atom is -0.366 e. The Bertz CT molecular complexity index is 973. The van der Waals surface area contributed by atoms with Gasteiger partial charge in [0.2, 0.25) is 5.91 Å². The highest BCUT2D eigenvalue weighted by molar-refractivity contribution is 6.07. The smallest absolute Gasteiger partial charge is 0.249 e. The molecule has 0 aromatic heterocycles. The van der Waals surface area contributed by atoms with Crippen LogP contribution in [-0.4, -0.2) is 5.91 Å². The fraction of sp³-hybridized carbons (Fsp3) is 0.190. The molecule has 0 atom stereocenters. The second kappa shape index (κ2) is 5.45. The van der Waals surface area contributed by atoms with Crippen LogP contribution in [0.25, 0.3) is 21.9 Å². The van der Waals surface area contributed by atoms with Crippen molar-refractivity contribution >= 4 is 16.7 Å². The van der Waals surface area contributed by atoms with Crippen molar-refractivity contribution in [1.82, 2.24) is 0 Å². The van der Waals surface area contributed by atoms with Crippen LogP contribution in [0.15, 0.2) is 48.5 Å². The first-order chi connectivity index (χ1) is 11.6. The van der Waals surface area contributed by atoms with Crippen molar-refractivity contribution < 1.29 is 9.18 Å². The topological polar surface area (TPSA) is 43.1 Å². The molecule has 1 amide bonds. The van der Waals surface area contributed by atoms with E-state index in [9.17, 15) is 9.18 Å². The molecule has 3 aromatic carbocycles. The largest absolute Gasteiger partial charge is 0.366 e. The van der Waals surface area contributed by atoms with Crippen LogP contribution in [0.4, 0.5) is 4.39 Å². The zero-order valence-corrected chi connectivity index (χ0v) is 13.5. The molecule has 2 N–H and O–H groups in total. The van der Waals surface area contributed by atoms with E-state index in [1.807, 2.05) is 19.1 Å². The van der Waals surface area contributed by atoms with Crippen LogP contribution < -0.4 is 5.73 Å². The van der Waals surface area contributed by atoms with E-state index < -0.39 is 5.91 Å². The minimum atomic E-state index is -0.544. The van der Waals surface area contributed by atoms with Crippen molar-refractivity contribution in [2.75, 3.05) is 0 Å². The summed E-state index contributed by atoms with van der Waals surface area (Å²) in [6.07, 6.45) is 2.43. The third-order valence-corrected chi connectivity index (χ3v) is 4.84. The van der Waals surface area contributed by atoms with Gasteiger partial charge in [-0.25, -0.2) is 4.39 Å². The number of fused-ring (bicyclic) bond motifs is 1. The molecular formula is C21H18FNO. The lowest BCUT2D eigenvalue weighted by molar-refractivity contribution is 0.100. The Morgan fingerprint density at radius 3 is 2.58 bits per heavy atom. The molecule has 0 radical (unpaired) electrons. The van der Waals surface area contributed by atoms with Gasteiger partial charge in [0.25, 0.3) is 0 Å². The average Bonchev–Trinajstić information content (AvgIpc) is 3.39. The second-order valence-electron chi connectivity index (χ2n) is 6.53. The van der Waals surface area contributed by atoms with E-state index in [-0.39, 0.29) is 5.82 Å². The molecule has 0 aliphatic heterocycles. The van der Waals surface area contributed by atoms with Gasteiger partial charge in [0.05, 0.1) is 0 Å². The molecule has 1 aliphatic rings. The number of nitrogens with two attached hydrogens (primary N) is 1. The normalized spacial score (nSPS) is 14.1. The van der Waals surface area contributed by atoms with Crippen molar-refractivity contribution in [3.05, 3.63) is 71.0 Å². The molecule has 0 unspecified atom stereocenters. The number of hydrogen-bond acceptors (Lipinski definition) is 1. The van der Waals surface area contributed by atoms with Gasteiger partial charge < -0.3 is 5.73 Å². The van der Waals surface area contributed by atoms with Gasteiger partial charge in [0, 0.05) is 5.56 Å². The molecule has 0 heterocycles. The predicted octanol–water partition coefficient (Wildman–Crippen LogP) is 4.93. The molecule has 4 rings (SSSR count). The summed E-state index contributed by atoms with van der Waals surface area (Å²) in [7, 11) is 0. The van der Waals surface area contributed by atoms with E-state index in [4.69, 9.17) is 5.73 Å². The van der Waals surface area contributed by atoms with E-state index in [0.29, 0.717) is 17.0 Å². The molecule has 0 saturated heterocycles. The monoisotopic (exact) mass is 319 g/mol. The van der Waals surface area contributed by atoms with Crippen LogP contribution in [-0.2, 0) is 0 Å². The first-order valence-corrected chi connectivity index (χ1v) is 8.18. The number of aryl methyl sites for hydroxylation is 1. The van der Waals surface area contributed by atoms with Crippen LogP contribution in [0.1, 0.15) is 40.2 Å². The number of rotatable bonds is 3. The second-order valence-corrected chi connectivity index (χ2v) is 6.53. The third kappa shape index (κ3) is 2.37. The molecule has 1 aliphatic carbocycles. The lowest BCUT2D eigenvalue weighted by atomic mass is 9.89. The van der Waals surface area contributed by atoms with Crippen molar-refractivity contribution in [1.29, 1.82) is 0 Å². The Hall–Kier alpha value is -2.68. The average molecular weight is 319 g/mol. The van der Waals surface area contributed by atoms with Crippen LogP contribution in [0.5, 0.6) is 0 Å². The van der Waals surface area contributed by atoms with Gasteiger partial charge in [-0.15, -0.1) is 0 Å². The molecule has 2 nitrogen and oxygen atoms in total. The highest BCUT2D eigenvalue weighted by atomic mass is 19.1. The molecule has 3 heteroatoms. The van der Waals surface area contributed by atoms with Gasteiger partial charge in [-0.05, 0) is 76.9 Å². The van der Waals surface area contributed by atoms with Gasteiger partial charge >= 0.3 is 0 Å². The predicted molar refractivity (Wildman–Crippen MR) is 94.6 cm³/mol. The molecule has 3 aromatic rings. The molecule has 1 saturated carbocycles. The molecule has 120 valence electrons. The van der Waals surface area contributed by atoms with Gasteiger partial charge in [-0.3, -0.25) is 4.79 Å². The summed E-state index contributed by atoms with van der Waals surface area (Å²) in [4.78, 5) is 11.8. The summed E-state index contributed by atoms with van der Waals surface area (Å²) in [6.45, 7) is 2.05. The number of carbonyl (C=O) groups is 1. The third-order valence-electron chi connectivity index (χ3n) is 4.84. The van der Waals surface area contributed by atoms with Crippen LogP contribution >= 0.6 is 0 Å². The fourth-order valence-corrected chi connectivity index (χ4v) is 3.53. The molecule has 0 spiro atoms. The SMILES string of the molecule is Cc1ccc(C2CC2)c2cccc(-c3cc(F)ccc3C(N)=O)c12. The Morgan fingerprint density at radius 2 is 1.88 bits per heavy atom. The Kier molecular flexibility index (Phi) is 3.38. The van der Waals surface area contributed by atoms with Crippen LogP contribution in [0, 0.1) is 12.7 Å². The van der Waals surface area contributed by atoms with Crippen molar-refractivity contribution in [2.45, 2.75) is 25.7 Å². The number of primary amides is 1. The standard InChI is InChI=1S/C21H18FNO/c1-12-5-9-15(13-6-7-13)16-3-2-4-17(20(12)16)19-11-14(22)8-10-18(19)21(23)24/h2-5,8-11,13H,6-7H2,1H3,(H2,23,24). The van der Waals surface area contributed by atoms with Gasteiger partial charge in [-0.1, -0.05) is 30.3 Å². The Balaban J connectivity index is 2.07. The summed E-state index contributed by atoms with van der Waals surface area (Å²) in [5.41, 5.74) is 9.74. The number of carbonyl (C=O) groups excluding carboxylic acids is 1. The van der Waals surface area contributed by atoms with Crippen LogP contribution in [0.3, 0.4) is 0 Å². The zero-order chi connectivity index (χ0) is 16.8. The van der Waals surface area contributed by atoms with Crippen LogP contribution in [0.2, 0.25) is 0 Å². The highest BCUT2D eigenvalue weighted by Crippen LogP contribution is 2.45. The first-order valence-electron chi connectivity index (χ1n) is 8.18. The van der Waals surface area contributed by atoms with Gasteiger partial charge in [0.1, 0.15) is 5.82 Å². The van der Waals surface area contributed by atoms with E-state index in [0.717, 1.165) is 16.5 Å². The Labute approximate surface area is 140 Å². The summed E-state index contributed by atoms with van der Waals surface area (Å²) >= 11 is 0. The summed E-state index contributed by atoms with van der Waals surface area (Å²) < 4.78 is 13.9. The molecule has 24 heavy (non-hydrogen) atoms. The van der Waals surface area contributed by atoms with Crippen molar-refractivity contribution in [3.8, 4) is 11.1 Å². The maximum atomic E-state index is 13.9. The van der Waals surface area contributed by atoms with E-state index in [1.165, 1.54) is 42.0 Å². The molecule has 1 fully saturated rings.